The average Bonchev–Trinajstić information content (AvgIpc) is 3.49. The minimum Gasteiger partial charge on any atom is -0.462 e. The number of rotatable bonds is 37. The lowest BCUT2D eigenvalue weighted by Crippen LogP contribution is -2.29. The van der Waals surface area contributed by atoms with E-state index in [4.69, 9.17) is 23.8 Å². The number of aliphatic hydroxyl groups is 4. The Labute approximate surface area is 369 Å². The number of aliphatic hydroxyl groups excluding tert-OH is 4. The van der Waals surface area contributed by atoms with Gasteiger partial charge < -0.3 is 44.6 Å². The fourth-order valence-corrected chi connectivity index (χ4v) is 7.67. The van der Waals surface area contributed by atoms with E-state index in [-0.39, 0.29) is 25.2 Å². The van der Waals surface area contributed by atoms with E-state index in [0.29, 0.717) is 25.7 Å². The summed E-state index contributed by atoms with van der Waals surface area (Å²) in [6, 6.07) is 0. The standard InChI is InChI=1S/C44H76O16P2/c1-3-5-7-8-9-10-11-12-13-14-15-16-17-18-19-20-22-27-43(49)56-34-38(35-59-62(54,55)58-33-37(46)32-57-61(51,52)53)60-44(50)28-24-23-26-39-40(42(48)31-41(39)47)30-29-36(45)25-21-6-4-2/h12-13,15-16,18-19,23-24,29-30,36-42,45-48H,3-11,14,17,20-22,25-28,31-35H2,1-2H3,(H,54,55)(H2,51,52,53)/b13-12-,16-15-,19-18-,24-23-,30-29+/t36-,37+,38-,39+,40-,41+,42-/m1/s1. The zero-order valence-electron chi connectivity index (χ0n) is 36.8. The lowest BCUT2D eigenvalue weighted by Gasteiger charge is -2.20. The Bertz CT molecular complexity index is 1440. The molecule has 7 N–H and O–H groups in total. The van der Waals surface area contributed by atoms with E-state index >= 15 is 0 Å². The van der Waals surface area contributed by atoms with Crippen molar-refractivity contribution < 1.29 is 76.9 Å². The molecule has 0 spiro atoms. The van der Waals surface area contributed by atoms with Crippen LogP contribution in [0.25, 0.3) is 0 Å². The minimum absolute atomic E-state index is 0.0553. The summed E-state index contributed by atoms with van der Waals surface area (Å²) in [7, 11) is -9.83. The van der Waals surface area contributed by atoms with Gasteiger partial charge in [0.05, 0.1) is 44.6 Å². The van der Waals surface area contributed by atoms with Crippen molar-refractivity contribution in [1.82, 2.24) is 0 Å². The maximum absolute atomic E-state index is 12.8. The molecule has 8 atom stereocenters. The second-order valence-corrected chi connectivity index (χ2v) is 18.3. The van der Waals surface area contributed by atoms with Crippen LogP contribution in [0.4, 0.5) is 0 Å². The van der Waals surface area contributed by atoms with Gasteiger partial charge >= 0.3 is 27.6 Å². The quantitative estimate of drug-likeness (QED) is 0.0137. The molecule has 1 unspecified atom stereocenters. The van der Waals surface area contributed by atoms with E-state index in [1.807, 2.05) is 12.2 Å². The zero-order chi connectivity index (χ0) is 46.1. The first-order chi connectivity index (χ1) is 29.6. The van der Waals surface area contributed by atoms with Gasteiger partial charge in [0.1, 0.15) is 12.7 Å². The molecule has 358 valence electrons. The number of hydrogen-bond donors (Lipinski definition) is 7. The molecule has 1 aliphatic carbocycles. The first-order valence-corrected chi connectivity index (χ1v) is 25.3. The molecule has 0 heterocycles. The molecule has 0 bridgehead atoms. The number of unbranched alkanes of at least 4 members (excludes halogenated alkanes) is 9. The molecule has 0 saturated heterocycles. The molecule has 0 radical (unpaired) electrons. The van der Waals surface area contributed by atoms with Gasteiger partial charge in [0.15, 0.2) is 6.10 Å². The summed E-state index contributed by atoms with van der Waals surface area (Å²) in [5, 5.41) is 41.2. The van der Waals surface area contributed by atoms with Crippen molar-refractivity contribution in [1.29, 1.82) is 0 Å². The molecule has 0 aromatic carbocycles. The number of carbonyl (C=O) groups is 2. The maximum Gasteiger partial charge on any atom is 0.472 e. The van der Waals surface area contributed by atoms with Crippen molar-refractivity contribution in [2.45, 2.75) is 166 Å². The van der Waals surface area contributed by atoms with Crippen LogP contribution >= 0.6 is 15.6 Å². The van der Waals surface area contributed by atoms with Gasteiger partial charge in [0, 0.05) is 18.8 Å². The normalized spacial score (nSPS) is 21.1. The molecule has 0 aromatic rings. The Kier molecular flexibility index (Phi) is 32.6. The third kappa shape index (κ3) is 31.5. The molecule has 0 aromatic heterocycles. The molecule has 18 heteroatoms. The minimum atomic E-state index is -4.92. The van der Waals surface area contributed by atoms with Gasteiger partial charge in [-0.05, 0) is 57.3 Å². The van der Waals surface area contributed by atoms with Crippen molar-refractivity contribution in [3.05, 3.63) is 60.8 Å². The summed E-state index contributed by atoms with van der Waals surface area (Å²) < 4.78 is 47.7. The molecule has 1 fully saturated rings. The Morgan fingerprint density at radius 3 is 1.95 bits per heavy atom. The highest BCUT2D eigenvalue weighted by molar-refractivity contribution is 7.47. The van der Waals surface area contributed by atoms with Gasteiger partial charge in [-0.2, -0.15) is 0 Å². The topological polar surface area (TPSA) is 256 Å². The molecule has 16 nitrogen and oxygen atoms in total. The molecule has 0 amide bonds. The van der Waals surface area contributed by atoms with Crippen LogP contribution in [0.5, 0.6) is 0 Å². The molecular weight excluding hydrogens is 846 g/mol. The van der Waals surface area contributed by atoms with Gasteiger partial charge in [-0.1, -0.05) is 126 Å². The Balaban J connectivity index is 2.66. The Hall–Kier alpha value is -2.30. The van der Waals surface area contributed by atoms with Crippen LogP contribution in [0, 0.1) is 11.8 Å². The van der Waals surface area contributed by atoms with Crippen molar-refractivity contribution in [3.63, 3.8) is 0 Å². The number of carbonyl (C=O) groups excluding carboxylic acids is 2. The van der Waals surface area contributed by atoms with Crippen molar-refractivity contribution in [2.75, 3.05) is 26.4 Å². The molecule has 0 aliphatic heterocycles. The summed E-state index contributed by atoms with van der Waals surface area (Å²) >= 11 is 0. The average molecular weight is 923 g/mol. The monoisotopic (exact) mass is 922 g/mol. The van der Waals surface area contributed by atoms with E-state index in [1.54, 1.807) is 18.2 Å². The van der Waals surface area contributed by atoms with E-state index in [0.717, 1.165) is 38.5 Å². The van der Waals surface area contributed by atoms with E-state index in [2.05, 4.69) is 47.2 Å². The first-order valence-electron chi connectivity index (χ1n) is 22.2. The third-order valence-electron chi connectivity index (χ3n) is 9.97. The number of hydrogen-bond acceptors (Lipinski definition) is 13. The highest BCUT2D eigenvalue weighted by Crippen LogP contribution is 2.44. The SMILES string of the molecule is CCCCCCCC/C=C\C/C=C\C/C=C\CCCC(=O)OC[C@H](COP(=O)(O)OC[C@@H](O)COP(=O)(O)O)OC(=O)C/C=C\C[C@H]1[C@@H](/C=C/[C@H](O)CCCCC)[C@H](O)C[C@@H]1O. The van der Waals surface area contributed by atoms with Crippen molar-refractivity contribution >= 4 is 27.6 Å². The summed E-state index contributed by atoms with van der Waals surface area (Å²) in [5.41, 5.74) is 0. The number of phosphoric acid groups is 2. The number of allylic oxidation sites excluding steroid dienone is 7. The van der Waals surface area contributed by atoms with Crippen LogP contribution in [-0.2, 0) is 41.8 Å². The Morgan fingerprint density at radius 2 is 1.27 bits per heavy atom. The smallest absolute Gasteiger partial charge is 0.462 e. The predicted octanol–water partition coefficient (Wildman–Crippen LogP) is 7.61. The van der Waals surface area contributed by atoms with Crippen LogP contribution < -0.4 is 0 Å². The lowest BCUT2D eigenvalue weighted by molar-refractivity contribution is -0.160. The van der Waals surface area contributed by atoms with Crippen LogP contribution in [0.2, 0.25) is 0 Å². The first kappa shape index (κ1) is 57.7. The Morgan fingerprint density at radius 1 is 0.677 bits per heavy atom. The van der Waals surface area contributed by atoms with Gasteiger partial charge in [-0.3, -0.25) is 23.2 Å². The van der Waals surface area contributed by atoms with Crippen molar-refractivity contribution in [2.24, 2.45) is 11.8 Å². The highest BCUT2D eigenvalue weighted by Gasteiger charge is 2.39. The molecular formula is C44H76O16P2. The van der Waals surface area contributed by atoms with Crippen molar-refractivity contribution in [3.8, 4) is 0 Å². The van der Waals surface area contributed by atoms with E-state index in [9.17, 15) is 44.0 Å². The lowest BCUT2D eigenvalue weighted by atomic mass is 9.89. The maximum atomic E-state index is 12.8. The summed E-state index contributed by atoms with van der Waals surface area (Å²) in [6.07, 6.45) is 29.3. The molecule has 62 heavy (non-hydrogen) atoms. The van der Waals surface area contributed by atoms with Gasteiger partial charge in [0.2, 0.25) is 0 Å². The van der Waals surface area contributed by atoms with Gasteiger partial charge in [-0.15, -0.1) is 0 Å². The number of ether oxygens (including phenoxy) is 2. The second kappa shape index (κ2) is 35.0. The van der Waals surface area contributed by atoms with Gasteiger partial charge in [-0.25, -0.2) is 9.13 Å². The van der Waals surface area contributed by atoms with Crippen LogP contribution in [0.3, 0.4) is 0 Å². The zero-order valence-corrected chi connectivity index (χ0v) is 38.6. The predicted molar refractivity (Wildman–Crippen MR) is 236 cm³/mol. The molecule has 1 rings (SSSR count). The van der Waals surface area contributed by atoms with E-state index in [1.165, 1.54) is 44.6 Å². The fraction of sp³-hybridized carbons (Fsp3) is 0.727. The van der Waals surface area contributed by atoms with E-state index < -0.39 is 90.4 Å². The third-order valence-corrected chi connectivity index (χ3v) is 11.4. The van der Waals surface area contributed by atoms with Crippen LogP contribution in [0.15, 0.2) is 60.8 Å². The fourth-order valence-electron chi connectivity index (χ4n) is 6.51. The summed E-state index contributed by atoms with van der Waals surface area (Å²) in [4.78, 5) is 53.0. The molecule has 1 saturated carbocycles. The van der Waals surface area contributed by atoms with Crippen LogP contribution in [0.1, 0.15) is 136 Å². The summed E-state index contributed by atoms with van der Waals surface area (Å²) in [6.45, 7) is 1.20. The second-order valence-electron chi connectivity index (χ2n) is 15.6. The summed E-state index contributed by atoms with van der Waals surface area (Å²) in [5.74, 6) is -2.16. The van der Waals surface area contributed by atoms with Crippen LogP contribution in [-0.4, -0.2) is 104 Å². The largest absolute Gasteiger partial charge is 0.472 e. The number of phosphoric ester groups is 2. The highest BCUT2D eigenvalue weighted by atomic mass is 31.2. The molecule has 1 aliphatic rings. The number of esters is 2. The van der Waals surface area contributed by atoms with Gasteiger partial charge in [0.25, 0.3) is 0 Å².